The van der Waals surface area contributed by atoms with Crippen LogP contribution in [0.2, 0.25) is 0 Å². The van der Waals surface area contributed by atoms with Crippen LogP contribution in [0.4, 0.5) is 0 Å². The first kappa shape index (κ1) is 11.5. The van der Waals surface area contributed by atoms with Crippen LogP contribution in [-0.4, -0.2) is 17.1 Å². The van der Waals surface area contributed by atoms with Crippen molar-refractivity contribution in [3.63, 3.8) is 0 Å². The van der Waals surface area contributed by atoms with Crippen molar-refractivity contribution in [1.29, 1.82) is 0 Å². The molecule has 0 amide bonds. The molecule has 0 aromatic heterocycles. The second kappa shape index (κ2) is 5.35. The molecule has 0 aromatic carbocycles. The average molecular weight is 199 g/mol. The molecule has 82 valence electrons. The highest BCUT2D eigenvalue weighted by Crippen LogP contribution is 2.34. The number of rotatable bonds is 4. The fourth-order valence-electron chi connectivity index (χ4n) is 2.56. The molecule has 3 unspecified atom stereocenters. The van der Waals surface area contributed by atoms with Gasteiger partial charge in [-0.15, -0.1) is 0 Å². The smallest absolute Gasteiger partial charge is 0.320 e. The van der Waals surface area contributed by atoms with Crippen LogP contribution >= 0.6 is 0 Å². The van der Waals surface area contributed by atoms with E-state index in [-0.39, 0.29) is 0 Å². The van der Waals surface area contributed by atoms with Gasteiger partial charge in [0.2, 0.25) is 0 Å². The third-order valence-corrected chi connectivity index (χ3v) is 3.46. The third kappa shape index (κ3) is 2.98. The predicted molar refractivity (Wildman–Crippen MR) is 56.0 cm³/mol. The highest BCUT2D eigenvalue weighted by molar-refractivity contribution is 5.73. The van der Waals surface area contributed by atoms with Gasteiger partial charge in [-0.05, 0) is 18.3 Å². The van der Waals surface area contributed by atoms with Gasteiger partial charge in [-0.2, -0.15) is 0 Å². The molecule has 1 fully saturated rings. The Hall–Kier alpha value is -0.570. The minimum absolute atomic E-state index is 0.542. The van der Waals surface area contributed by atoms with Crippen LogP contribution in [-0.2, 0) is 4.79 Å². The number of hydrogen-bond acceptors (Lipinski definition) is 2. The molecule has 0 radical (unpaired) electrons. The Morgan fingerprint density at radius 1 is 1.43 bits per heavy atom. The van der Waals surface area contributed by atoms with E-state index in [0.717, 1.165) is 6.42 Å². The molecular formula is C11H21NO2. The van der Waals surface area contributed by atoms with Gasteiger partial charge in [-0.3, -0.25) is 4.79 Å². The summed E-state index contributed by atoms with van der Waals surface area (Å²) in [5.74, 6) is 0.388. The Bertz CT molecular complexity index is 194. The van der Waals surface area contributed by atoms with Crippen molar-refractivity contribution in [3.8, 4) is 0 Å². The fourth-order valence-corrected chi connectivity index (χ4v) is 2.56. The Morgan fingerprint density at radius 2 is 2.00 bits per heavy atom. The molecule has 0 aromatic rings. The lowest BCUT2D eigenvalue weighted by Gasteiger charge is -2.31. The average Bonchev–Trinajstić information content (AvgIpc) is 2.18. The van der Waals surface area contributed by atoms with Crippen LogP contribution in [0.1, 0.15) is 45.4 Å². The second-order valence-electron chi connectivity index (χ2n) is 4.39. The lowest BCUT2D eigenvalue weighted by molar-refractivity contribution is -0.139. The van der Waals surface area contributed by atoms with Crippen molar-refractivity contribution in [2.24, 2.45) is 17.6 Å². The van der Waals surface area contributed by atoms with E-state index in [0.29, 0.717) is 18.3 Å². The first-order valence-corrected chi connectivity index (χ1v) is 5.63. The fraction of sp³-hybridized carbons (Fsp3) is 0.909. The van der Waals surface area contributed by atoms with Crippen molar-refractivity contribution in [1.82, 2.24) is 0 Å². The molecule has 1 rings (SSSR count). The van der Waals surface area contributed by atoms with Crippen LogP contribution in [0.25, 0.3) is 0 Å². The maximum Gasteiger partial charge on any atom is 0.320 e. The van der Waals surface area contributed by atoms with E-state index in [2.05, 4.69) is 6.92 Å². The van der Waals surface area contributed by atoms with E-state index in [1.807, 2.05) is 0 Å². The van der Waals surface area contributed by atoms with Crippen molar-refractivity contribution in [2.75, 3.05) is 0 Å². The minimum Gasteiger partial charge on any atom is -0.480 e. The zero-order chi connectivity index (χ0) is 10.6. The number of hydrogen-bond donors (Lipinski definition) is 2. The summed E-state index contributed by atoms with van der Waals surface area (Å²) >= 11 is 0. The van der Waals surface area contributed by atoms with Crippen LogP contribution in [0, 0.1) is 11.8 Å². The molecule has 1 aliphatic carbocycles. The van der Waals surface area contributed by atoms with Crippen molar-refractivity contribution < 1.29 is 9.90 Å². The molecule has 1 saturated carbocycles. The lowest BCUT2D eigenvalue weighted by Crippen LogP contribution is -2.35. The highest BCUT2D eigenvalue weighted by atomic mass is 16.4. The molecule has 3 heteroatoms. The van der Waals surface area contributed by atoms with E-state index in [9.17, 15) is 4.79 Å². The zero-order valence-electron chi connectivity index (χ0n) is 8.91. The topological polar surface area (TPSA) is 63.3 Å². The van der Waals surface area contributed by atoms with Gasteiger partial charge in [0.05, 0.1) is 0 Å². The van der Waals surface area contributed by atoms with Crippen molar-refractivity contribution in [2.45, 2.75) is 51.5 Å². The molecule has 3 nitrogen and oxygen atoms in total. The summed E-state index contributed by atoms with van der Waals surface area (Å²) in [5.41, 5.74) is 5.56. The normalized spacial score (nSPS) is 29.9. The van der Waals surface area contributed by atoms with E-state index in [4.69, 9.17) is 10.8 Å². The first-order valence-electron chi connectivity index (χ1n) is 5.63. The summed E-state index contributed by atoms with van der Waals surface area (Å²) in [5, 5.41) is 8.75. The quantitative estimate of drug-likeness (QED) is 0.728. The Balaban J connectivity index is 2.44. The molecule has 3 N–H and O–H groups in total. The van der Waals surface area contributed by atoms with Gasteiger partial charge in [0, 0.05) is 0 Å². The predicted octanol–water partition coefficient (Wildman–Crippen LogP) is 2.00. The van der Waals surface area contributed by atoms with Crippen LogP contribution < -0.4 is 5.73 Å². The maximum atomic E-state index is 10.6. The van der Waals surface area contributed by atoms with E-state index in [1.165, 1.54) is 25.7 Å². The molecule has 0 heterocycles. The van der Waals surface area contributed by atoms with Crippen LogP contribution in [0.5, 0.6) is 0 Å². The molecular weight excluding hydrogens is 178 g/mol. The molecule has 3 atom stereocenters. The minimum atomic E-state index is -0.856. The molecule has 0 spiro atoms. The van der Waals surface area contributed by atoms with E-state index >= 15 is 0 Å². The second-order valence-corrected chi connectivity index (χ2v) is 4.39. The lowest BCUT2D eigenvalue weighted by atomic mass is 9.75. The largest absolute Gasteiger partial charge is 0.480 e. The van der Waals surface area contributed by atoms with Crippen LogP contribution in [0.3, 0.4) is 0 Å². The van der Waals surface area contributed by atoms with Gasteiger partial charge in [0.1, 0.15) is 6.04 Å². The summed E-state index contributed by atoms with van der Waals surface area (Å²) in [6, 6.07) is -0.660. The number of nitrogens with two attached hydrogens (primary N) is 1. The van der Waals surface area contributed by atoms with Gasteiger partial charge < -0.3 is 10.8 Å². The van der Waals surface area contributed by atoms with Crippen LogP contribution in [0.15, 0.2) is 0 Å². The third-order valence-electron chi connectivity index (χ3n) is 3.46. The first-order chi connectivity index (χ1) is 6.65. The highest BCUT2D eigenvalue weighted by Gasteiger charge is 2.27. The van der Waals surface area contributed by atoms with E-state index in [1.54, 1.807) is 0 Å². The monoisotopic (exact) mass is 199 g/mol. The van der Waals surface area contributed by atoms with Gasteiger partial charge >= 0.3 is 5.97 Å². The van der Waals surface area contributed by atoms with Gasteiger partial charge in [-0.1, -0.05) is 39.0 Å². The molecule has 0 bridgehead atoms. The molecule has 0 aliphatic heterocycles. The van der Waals surface area contributed by atoms with Crippen molar-refractivity contribution in [3.05, 3.63) is 0 Å². The van der Waals surface area contributed by atoms with Crippen molar-refractivity contribution >= 4 is 5.97 Å². The summed E-state index contributed by atoms with van der Waals surface area (Å²) < 4.78 is 0. The summed E-state index contributed by atoms with van der Waals surface area (Å²) in [6.07, 6.45) is 6.79. The number of carbonyl (C=O) groups is 1. The Labute approximate surface area is 85.7 Å². The Morgan fingerprint density at radius 3 is 2.50 bits per heavy atom. The Kier molecular flexibility index (Phi) is 4.39. The standard InChI is InChI=1S/C11H21NO2/c1-2-8-5-3-4-6-9(8)7-10(12)11(13)14/h8-10H,2-7,12H2,1H3,(H,13,14). The number of carboxylic acid groups (broad SMARTS) is 1. The van der Waals surface area contributed by atoms with Gasteiger partial charge in [0.15, 0.2) is 0 Å². The summed E-state index contributed by atoms with van der Waals surface area (Å²) in [7, 11) is 0. The number of aliphatic carboxylic acids is 1. The van der Waals surface area contributed by atoms with E-state index < -0.39 is 12.0 Å². The molecule has 14 heavy (non-hydrogen) atoms. The summed E-state index contributed by atoms with van der Waals surface area (Å²) in [4.78, 5) is 10.6. The maximum absolute atomic E-state index is 10.6. The summed E-state index contributed by atoms with van der Waals surface area (Å²) in [6.45, 7) is 2.19. The SMILES string of the molecule is CCC1CCCCC1CC(N)C(=O)O. The van der Waals surface area contributed by atoms with Gasteiger partial charge in [0.25, 0.3) is 0 Å². The molecule has 1 aliphatic rings. The number of carboxylic acids is 1. The molecule has 0 saturated heterocycles. The van der Waals surface area contributed by atoms with Gasteiger partial charge in [-0.25, -0.2) is 0 Å². The zero-order valence-corrected chi connectivity index (χ0v) is 8.91.